The van der Waals surface area contributed by atoms with E-state index < -0.39 is 0 Å². The Morgan fingerprint density at radius 2 is 1.09 bits per heavy atom. The van der Waals surface area contributed by atoms with Crippen LogP contribution < -0.4 is 0 Å². The number of aromatic nitrogens is 9. The van der Waals surface area contributed by atoms with Crippen molar-refractivity contribution in [1.29, 1.82) is 0 Å². The minimum Gasteiger partial charge on any atom is -0.462 e. The molecule has 0 atom stereocenters. The Bertz CT molecular complexity index is 4440. The summed E-state index contributed by atoms with van der Waals surface area (Å²) in [4.78, 5) is 36.1. The molecule has 81 heavy (non-hydrogen) atoms. The zero-order valence-corrected chi connectivity index (χ0v) is 46.7. The summed E-state index contributed by atoms with van der Waals surface area (Å²) in [7, 11) is 0. The van der Waals surface area contributed by atoms with Gasteiger partial charge in [-0.05, 0) is 156 Å². The van der Waals surface area contributed by atoms with E-state index in [1.54, 1.807) is 56.3 Å². The van der Waals surface area contributed by atoms with E-state index >= 15 is 0 Å². The number of nitrogens with one attached hydrogen (secondary N) is 4. The molecule has 0 radical (unpaired) electrons. The molecule has 0 saturated heterocycles. The Hall–Kier alpha value is -9.28. The first-order valence-electron chi connectivity index (χ1n) is 25.7. The van der Waals surface area contributed by atoms with E-state index in [9.17, 15) is 14.0 Å². The molecule has 7 aromatic carbocycles. The van der Waals surface area contributed by atoms with E-state index in [0.29, 0.717) is 55.8 Å². The van der Waals surface area contributed by atoms with Crippen LogP contribution in [0.5, 0.6) is 0 Å². The molecule has 400 valence electrons. The molecule has 0 fully saturated rings. The summed E-state index contributed by atoms with van der Waals surface area (Å²) < 4.78 is 24.3. The molecule has 6 heterocycles. The number of pyridine rings is 2. The maximum atomic E-state index is 13.9. The zero-order chi connectivity index (χ0) is 56.1. The van der Waals surface area contributed by atoms with Crippen molar-refractivity contribution in [2.45, 2.75) is 20.8 Å². The minimum atomic E-state index is -0.351. The second-order valence-corrected chi connectivity index (χ2v) is 20.4. The fourth-order valence-electron chi connectivity index (χ4n) is 9.23. The summed E-state index contributed by atoms with van der Waals surface area (Å²) in [6, 6.07) is 55.4. The smallest absolute Gasteiger partial charge is 0.338 e. The van der Waals surface area contributed by atoms with Gasteiger partial charge in [0.15, 0.2) is 11.3 Å². The highest BCUT2D eigenvalue weighted by Crippen LogP contribution is 2.36. The van der Waals surface area contributed by atoms with Crippen LogP contribution >= 0.6 is 39.1 Å². The highest BCUT2D eigenvalue weighted by Gasteiger charge is 2.17. The van der Waals surface area contributed by atoms with E-state index in [-0.39, 0.29) is 17.8 Å². The molecule has 0 aliphatic heterocycles. The molecule has 0 aliphatic rings. The maximum Gasteiger partial charge on any atom is 0.338 e. The molecule has 13 nitrogen and oxygen atoms in total. The van der Waals surface area contributed by atoms with Gasteiger partial charge in [-0.3, -0.25) is 15.3 Å². The number of aryl methyl sites for hydroxylation is 1. The molecular weight excluding hydrogens is 1130 g/mol. The number of benzene rings is 7. The van der Waals surface area contributed by atoms with Crippen LogP contribution in [0.1, 0.15) is 40.1 Å². The second-order valence-electron chi connectivity index (χ2n) is 18.7. The summed E-state index contributed by atoms with van der Waals surface area (Å²) in [5.41, 5.74) is 16.3. The molecule has 0 amide bonds. The summed E-state index contributed by atoms with van der Waals surface area (Å²) >= 11 is 15.5. The number of halogens is 4. The van der Waals surface area contributed by atoms with Crippen LogP contribution in [0.3, 0.4) is 0 Å². The van der Waals surface area contributed by atoms with E-state index in [4.69, 9.17) is 37.7 Å². The predicted octanol–water partition coefficient (Wildman–Crippen LogP) is 16.8. The van der Waals surface area contributed by atoms with Crippen molar-refractivity contribution in [3.63, 3.8) is 0 Å². The number of hydrogen-bond donors (Lipinski definition) is 4. The lowest BCUT2D eigenvalue weighted by Crippen LogP contribution is -2.04. The number of nitrogens with zero attached hydrogens (tertiary/aromatic N) is 5. The molecule has 0 saturated carbocycles. The molecule has 0 bridgehead atoms. The number of esters is 2. The van der Waals surface area contributed by atoms with Crippen molar-refractivity contribution < 1.29 is 23.5 Å². The van der Waals surface area contributed by atoms with Gasteiger partial charge in [0.05, 0.1) is 62.1 Å². The van der Waals surface area contributed by atoms with Crippen LogP contribution in [0.25, 0.3) is 111 Å². The van der Waals surface area contributed by atoms with Crippen molar-refractivity contribution in [2.75, 3.05) is 13.2 Å². The van der Waals surface area contributed by atoms with Gasteiger partial charge in [0.1, 0.15) is 11.5 Å². The molecule has 0 spiro atoms. The van der Waals surface area contributed by atoms with Crippen LogP contribution in [-0.2, 0) is 9.47 Å². The molecular formula is C64H47BrCl2FN9O4. The molecule has 6 aromatic heterocycles. The van der Waals surface area contributed by atoms with Crippen LogP contribution in [0, 0.1) is 12.7 Å². The Kier molecular flexibility index (Phi) is 15.6. The fraction of sp³-hybridized carbons (Fsp3) is 0.0781. The molecule has 13 rings (SSSR count). The first-order valence-corrected chi connectivity index (χ1v) is 27.2. The van der Waals surface area contributed by atoms with Gasteiger partial charge in [-0.1, -0.05) is 102 Å². The van der Waals surface area contributed by atoms with Gasteiger partial charge in [0.25, 0.3) is 0 Å². The number of H-pyrrole nitrogens is 4. The second kappa shape index (κ2) is 23.6. The Labute approximate surface area is 481 Å². The van der Waals surface area contributed by atoms with Gasteiger partial charge in [-0.2, -0.15) is 15.3 Å². The highest BCUT2D eigenvalue weighted by atomic mass is 79.9. The van der Waals surface area contributed by atoms with Crippen molar-refractivity contribution >= 4 is 94.9 Å². The maximum absolute atomic E-state index is 13.9. The van der Waals surface area contributed by atoms with Gasteiger partial charge in [0.2, 0.25) is 0 Å². The normalized spacial score (nSPS) is 11.1. The lowest BCUT2D eigenvalue weighted by atomic mass is 10.0. The summed E-state index contributed by atoms with van der Waals surface area (Å²) in [6.45, 7) is 6.34. The fourth-order valence-corrected chi connectivity index (χ4v) is 9.97. The zero-order valence-electron chi connectivity index (χ0n) is 43.6. The molecule has 17 heteroatoms. The lowest BCUT2D eigenvalue weighted by Gasteiger charge is -2.05. The van der Waals surface area contributed by atoms with Gasteiger partial charge in [-0.15, -0.1) is 0 Å². The number of fused-ring (bicyclic) bond motifs is 4. The number of carbonyl (C=O) groups excluding carboxylic acids is 2. The highest BCUT2D eigenvalue weighted by molar-refractivity contribution is 9.10. The number of hydrogen-bond acceptors (Lipinski definition) is 9. The average Bonchev–Trinajstić information content (AvgIpc) is 4.45. The summed E-state index contributed by atoms with van der Waals surface area (Å²) in [6.07, 6.45) is 1.95. The van der Waals surface area contributed by atoms with Crippen LogP contribution in [0.15, 0.2) is 187 Å². The Morgan fingerprint density at radius 1 is 0.531 bits per heavy atom. The molecule has 13 aromatic rings. The Morgan fingerprint density at radius 3 is 1.72 bits per heavy atom. The van der Waals surface area contributed by atoms with Crippen molar-refractivity contribution in [3.8, 4) is 67.4 Å². The van der Waals surface area contributed by atoms with Crippen molar-refractivity contribution in [2.24, 2.45) is 0 Å². The SMILES string of the molecule is CCOC(=O)c1ccc(-c2ccc3c(-c4ccc(Br)c(F)c4)[nH]nc3n2)cc1.CCOC(=O)c1ccc(-c2ccc3c(-c4ccc(Cl)cc4Cl)n[nH]c3c2)cc1.Cc1ccc(-c2[nH]nc3nc(-c4ccc5cc[nH]c5c4)ccc23)cc1. The minimum absolute atomic E-state index is 0.317. The van der Waals surface area contributed by atoms with E-state index in [2.05, 4.69) is 124 Å². The van der Waals surface area contributed by atoms with Crippen LogP contribution in [0.4, 0.5) is 4.39 Å². The standard InChI is InChI=1S/C22H16Cl2N2O2.C21H15BrFN3O2.C21H16N4/c1-2-28-22(27)14-5-3-13(4-6-14)15-7-9-18-20(11-15)25-26-21(18)17-10-8-16(23)12-19(17)24;1-2-28-21(27)13-5-3-12(4-6-13)18-10-8-15-19(25-26-20(15)24-18)14-7-9-16(22)17(23)11-14;1-13-2-4-15(5-3-13)20-17-8-9-18(23-21(17)25-24-20)16-7-6-14-10-11-22-19(14)12-16/h3-12H,2H2,1H3,(H,25,26);3-11H,2H2,1H3,(H,24,25,26);2-12,22H,1H3,(H,23,24,25). The quantitative estimate of drug-likeness (QED) is 0.0969. The number of rotatable bonds is 10. The summed E-state index contributed by atoms with van der Waals surface area (Å²) in [5, 5.41) is 27.4. The summed E-state index contributed by atoms with van der Waals surface area (Å²) in [5.74, 6) is -1.01. The number of ether oxygens (including phenoxy) is 2. The van der Waals surface area contributed by atoms with Gasteiger partial charge in [0, 0.05) is 60.7 Å². The third kappa shape index (κ3) is 11.6. The predicted molar refractivity (Wildman–Crippen MR) is 323 cm³/mol. The van der Waals surface area contributed by atoms with Gasteiger partial charge < -0.3 is 14.5 Å². The first-order chi connectivity index (χ1) is 39.4. The topological polar surface area (TPSA) is 180 Å². The van der Waals surface area contributed by atoms with Crippen molar-refractivity contribution in [1.82, 2.24) is 45.5 Å². The third-order valence-electron chi connectivity index (χ3n) is 13.4. The van der Waals surface area contributed by atoms with Crippen LogP contribution in [-0.4, -0.2) is 70.7 Å². The molecule has 0 aliphatic carbocycles. The molecule has 0 unspecified atom stereocenters. The molecule has 4 N–H and O–H groups in total. The van der Waals surface area contributed by atoms with Gasteiger partial charge >= 0.3 is 11.9 Å². The van der Waals surface area contributed by atoms with E-state index in [1.165, 1.54) is 17.0 Å². The van der Waals surface area contributed by atoms with E-state index in [0.717, 1.165) is 89.0 Å². The average molecular weight is 1180 g/mol. The van der Waals surface area contributed by atoms with Crippen LogP contribution in [0.2, 0.25) is 10.0 Å². The number of aromatic amines is 4. The van der Waals surface area contributed by atoms with E-state index in [1.807, 2.05) is 72.9 Å². The third-order valence-corrected chi connectivity index (χ3v) is 14.6. The Balaban J connectivity index is 0.000000128. The van der Waals surface area contributed by atoms with Gasteiger partial charge in [-0.25, -0.2) is 23.9 Å². The first kappa shape index (κ1) is 53.7. The van der Waals surface area contributed by atoms with Crippen molar-refractivity contribution in [3.05, 3.63) is 219 Å². The number of carbonyl (C=O) groups is 2. The monoisotopic (exact) mass is 1170 g/mol. The lowest BCUT2D eigenvalue weighted by molar-refractivity contribution is 0.0517. The largest absolute Gasteiger partial charge is 0.462 e.